The van der Waals surface area contributed by atoms with Gasteiger partial charge in [-0.1, -0.05) is 19.8 Å². The summed E-state index contributed by atoms with van der Waals surface area (Å²) in [4.78, 5) is 4.58. The van der Waals surface area contributed by atoms with Gasteiger partial charge in [-0.2, -0.15) is 0 Å². The summed E-state index contributed by atoms with van der Waals surface area (Å²) < 4.78 is 2.05. The number of guanidine groups is 1. The van der Waals surface area contributed by atoms with Crippen LogP contribution in [-0.2, 0) is 13.6 Å². The zero-order valence-electron chi connectivity index (χ0n) is 11.9. The minimum absolute atomic E-state index is 0.726. The third-order valence-electron chi connectivity index (χ3n) is 2.73. The van der Waals surface area contributed by atoms with Gasteiger partial charge in [0.1, 0.15) is 0 Å². The van der Waals surface area contributed by atoms with Gasteiger partial charge >= 0.3 is 0 Å². The van der Waals surface area contributed by atoms with Crippen molar-refractivity contribution in [2.24, 2.45) is 12.0 Å². The van der Waals surface area contributed by atoms with E-state index in [2.05, 4.69) is 41.7 Å². The van der Waals surface area contributed by atoms with Gasteiger partial charge in [-0.15, -0.1) is 0 Å². The Morgan fingerprint density at radius 1 is 1.28 bits per heavy atom. The molecule has 0 bridgehead atoms. The van der Waals surface area contributed by atoms with E-state index in [0.717, 1.165) is 25.6 Å². The number of nitrogens with zero attached hydrogens (tertiary/aromatic N) is 2. The van der Waals surface area contributed by atoms with E-state index in [1.54, 1.807) is 0 Å². The summed E-state index contributed by atoms with van der Waals surface area (Å²) in [6.07, 6.45) is 7.87. The van der Waals surface area contributed by atoms with Gasteiger partial charge in [0, 0.05) is 32.5 Å². The average Bonchev–Trinajstić information content (AvgIpc) is 2.77. The van der Waals surface area contributed by atoms with Crippen LogP contribution < -0.4 is 10.6 Å². The van der Waals surface area contributed by atoms with Crippen LogP contribution in [0.4, 0.5) is 0 Å². The highest BCUT2D eigenvalue weighted by Crippen LogP contribution is 2.01. The molecule has 1 aromatic rings. The normalized spacial score (nSPS) is 11.6. The molecule has 0 aliphatic rings. The van der Waals surface area contributed by atoms with Crippen molar-refractivity contribution >= 4 is 5.96 Å². The van der Waals surface area contributed by atoms with Crippen LogP contribution in [0.5, 0.6) is 0 Å². The number of nitrogens with one attached hydrogen (secondary N) is 2. The summed E-state index contributed by atoms with van der Waals surface area (Å²) in [5, 5.41) is 6.63. The van der Waals surface area contributed by atoms with E-state index in [1.165, 1.54) is 24.8 Å². The number of aliphatic imine (C=N–C) groups is 1. The molecule has 0 aliphatic heterocycles. The molecular formula is C14H26N4. The van der Waals surface area contributed by atoms with Crippen molar-refractivity contribution in [3.8, 4) is 0 Å². The van der Waals surface area contributed by atoms with Crippen molar-refractivity contribution in [3.63, 3.8) is 0 Å². The van der Waals surface area contributed by atoms with Crippen LogP contribution >= 0.6 is 0 Å². The SMILES string of the molecule is CCCCCNC(=NCc1ccn(C)c1)NCC. The molecule has 0 amide bonds. The van der Waals surface area contributed by atoms with Gasteiger partial charge in [0.15, 0.2) is 5.96 Å². The maximum atomic E-state index is 4.58. The second-order valence-corrected chi connectivity index (χ2v) is 4.51. The maximum absolute atomic E-state index is 4.58. The fourth-order valence-corrected chi connectivity index (χ4v) is 1.75. The van der Waals surface area contributed by atoms with E-state index in [9.17, 15) is 0 Å². The molecule has 1 heterocycles. The molecule has 0 radical (unpaired) electrons. The van der Waals surface area contributed by atoms with E-state index in [-0.39, 0.29) is 0 Å². The van der Waals surface area contributed by atoms with Crippen LogP contribution in [0.25, 0.3) is 0 Å². The largest absolute Gasteiger partial charge is 0.357 e. The maximum Gasteiger partial charge on any atom is 0.191 e. The number of hydrogen-bond donors (Lipinski definition) is 2. The number of hydrogen-bond acceptors (Lipinski definition) is 1. The third-order valence-corrected chi connectivity index (χ3v) is 2.73. The zero-order chi connectivity index (χ0) is 13.2. The molecule has 0 atom stereocenters. The molecule has 1 aromatic heterocycles. The summed E-state index contributed by atoms with van der Waals surface area (Å²) in [6, 6.07) is 2.10. The van der Waals surface area contributed by atoms with Crippen molar-refractivity contribution in [2.45, 2.75) is 39.7 Å². The van der Waals surface area contributed by atoms with Gasteiger partial charge in [0.25, 0.3) is 0 Å². The molecule has 1 rings (SSSR count). The predicted molar refractivity (Wildman–Crippen MR) is 77.8 cm³/mol. The van der Waals surface area contributed by atoms with Crippen molar-refractivity contribution < 1.29 is 0 Å². The lowest BCUT2D eigenvalue weighted by Gasteiger charge is -2.10. The molecule has 4 nitrogen and oxygen atoms in total. The minimum Gasteiger partial charge on any atom is -0.357 e. The molecule has 4 heteroatoms. The number of aryl methyl sites for hydroxylation is 1. The Hall–Kier alpha value is -1.45. The molecule has 0 fully saturated rings. The topological polar surface area (TPSA) is 41.4 Å². The molecular weight excluding hydrogens is 224 g/mol. The summed E-state index contributed by atoms with van der Waals surface area (Å²) in [5.74, 6) is 0.914. The Morgan fingerprint density at radius 2 is 2.11 bits per heavy atom. The first kappa shape index (κ1) is 14.6. The molecule has 2 N–H and O–H groups in total. The first-order chi connectivity index (χ1) is 8.76. The van der Waals surface area contributed by atoms with Gasteiger partial charge in [-0.3, -0.25) is 0 Å². The fourth-order valence-electron chi connectivity index (χ4n) is 1.75. The van der Waals surface area contributed by atoms with Crippen LogP contribution in [0.15, 0.2) is 23.5 Å². The molecule has 0 aliphatic carbocycles. The highest BCUT2D eigenvalue weighted by atomic mass is 15.2. The minimum atomic E-state index is 0.726. The van der Waals surface area contributed by atoms with Crippen LogP contribution in [-0.4, -0.2) is 23.6 Å². The number of rotatable bonds is 7. The highest BCUT2D eigenvalue weighted by Gasteiger charge is 1.97. The molecule has 0 unspecified atom stereocenters. The summed E-state index contributed by atoms with van der Waals surface area (Å²) in [6.45, 7) is 6.92. The van der Waals surface area contributed by atoms with E-state index in [1.807, 2.05) is 17.8 Å². The standard InChI is InChI=1S/C14H26N4/c1-4-6-7-9-16-14(15-5-2)17-11-13-8-10-18(3)12-13/h8,10,12H,4-7,9,11H2,1-3H3,(H2,15,16,17). The van der Waals surface area contributed by atoms with Gasteiger partial charge in [-0.25, -0.2) is 4.99 Å². The van der Waals surface area contributed by atoms with Gasteiger partial charge in [0.05, 0.1) is 6.54 Å². The van der Waals surface area contributed by atoms with Gasteiger partial charge in [-0.05, 0) is 25.0 Å². The van der Waals surface area contributed by atoms with Crippen LogP contribution in [0.2, 0.25) is 0 Å². The van der Waals surface area contributed by atoms with Crippen molar-refractivity contribution in [1.82, 2.24) is 15.2 Å². The molecule has 0 spiro atoms. The molecule has 0 saturated carbocycles. The fraction of sp³-hybridized carbons (Fsp3) is 0.643. The summed E-state index contributed by atoms with van der Waals surface area (Å²) >= 11 is 0. The Morgan fingerprint density at radius 3 is 2.72 bits per heavy atom. The Bertz CT molecular complexity index is 354. The smallest absolute Gasteiger partial charge is 0.191 e. The average molecular weight is 250 g/mol. The Labute approximate surface area is 110 Å². The van der Waals surface area contributed by atoms with Crippen molar-refractivity contribution in [2.75, 3.05) is 13.1 Å². The van der Waals surface area contributed by atoms with Crippen LogP contribution in [0, 0.1) is 0 Å². The van der Waals surface area contributed by atoms with Crippen molar-refractivity contribution in [1.29, 1.82) is 0 Å². The lowest BCUT2D eigenvalue weighted by Crippen LogP contribution is -2.37. The molecule has 0 aromatic carbocycles. The second kappa shape index (κ2) is 8.61. The number of unbranched alkanes of at least 4 members (excludes halogenated alkanes) is 2. The highest BCUT2D eigenvalue weighted by molar-refractivity contribution is 5.79. The van der Waals surface area contributed by atoms with Crippen molar-refractivity contribution in [3.05, 3.63) is 24.0 Å². The third kappa shape index (κ3) is 5.75. The second-order valence-electron chi connectivity index (χ2n) is 4.51. The molecule has 0 saturated heterocycles. The summed E-state index contributed by atoms with van der Waals surface area (Å²) in [7, 11) is 2.03. The predicted octanol–water partition coefficient (Wildman–Crippen LogP) is 2.27. The number of aromatic nitrogens is 1. The first-order valence-electron chi connectivity index (χ1n) is 6.89. The first-order valence-corrected chi connectivity index (χ1v) is 6.89. The molecule has 102 valence electrons. The van der Waals surface area contributed by atoms with Gasteiger partial charge in [0.2, 0.25) is 0 Å². The van der Waals surface area contributed by atoms with Crippen LogP contribution in [0.1, 0.15) is 38.7 Å². The lowest BCUT2D eigenvalue weighted by atomic mass is 10.2. The van der Waals surface area contributed by atoms with Crippen LogP contribution in [0.3, 0.4) is 0 Å². The van der Waals surface area contributed by atoms with E-state index < -0.39 is 0 Å². The Kier molecular flexibility index (Phi) is 6.99. The lowest BCUT2D eigenvalue weighted by molar-refractivity contribution is 0.683. The van der Waals surface area contributed by atoms with E-state index in [4.69, 9.17) is 0 Å². The van der Waals surface area contributed by atoms with Gasteiger partial charge < -0.3 is 15.2 Å². The van der Waals surface area contributed by atoms with E-state index >= 15 is 0 Å². The zero-order valence-corrected chi connectivity index (χ0v) is 11.9. The van der Waals surface area contributed by atoms with E-state index in [0.29, 0.717) is 0 Å². The quantitative estimate of drug-likeness (QED) is 0.443. The monoisotopic (exact) mass is 250 g/mol. The Balaban J connectivity index is 2.39. The molecule has 18 heavy (non-hydrogen) atoms. The summed E-state index contributed by atoms with van der Waals surface area (Å²) in [5.41, 5.74) is 1.24.